The van der Waals surface area contributed by atoms with Crippen molar-refractivity contribution in [2.24, 2.45) is 0 Å². The van der Waals surface area contributed by atoms with E-state index in [2.05, 4.69) is 22.8 Å². The summed E-state index contributed by atoms with van der Waals surface area (Å²) in [6, 6.07) is 14.4. The zero-order valence-corrected chi connectivity index (χ0v) is 20.0. The Hall–Kier alpha value is -2.69. The second-order valence-corrected chi connectivity index (χ2v) is 10.2. The topological polar surface area (TPSA) is 56.5 Å². The van der Waals surface area contributed by atoms with Gasteiger partial charge in [0.05, 0.1) is 12.0 Å². The first-order valence-electron chi connectivity index (χ1n) is 13.2. The maximum absolute atomic E-state index is 13.3. The Morgan fingerprint density at radius 2 is 1.41 bits per heavy atom. The number of aromatic nitrogens is 1. The first-order chi connectivity index (χ1) is 16.7. The Bertz CT molecular complexity index is 975. The molecule has 0 spiro atoms. The summed E-state index contributed by atoms with van der Waals surface area (Å²) in [5.41, 5.74) is 2.63. The van der Waals surface area contributed by atoms with Crippen LogP contribution in [-0.4, -0.2) is 24.1 Å². The van der Waals surface area contributed by atoms with Crippen LogP contribution in [0.25, 0.3) is 11.3 Å². The number of ether oxygens (including phenoxy) is 2. The highest BCUT2D eigenvalue weighted by Gasteiger charge is 2.52. The van der Waals surface area contributed by atoms with Crippen LogP contribution in [0.5, 0.6) is 0 Å². The highest BCUT2D eigenvalue weighted by atomic mass is 16.5. The molecule has 1 unspecified atom stereocenters. The van der Waals surface area contributed by atoms with Gasteiger partial charge in [0.25, 0.3) is 0 Å². The molecule has 0 radical (unpaired) electrons. The molecule has 2 aliphatic carbocycles. The molecule has 3 aliphatic rings. The standard InChI is InChI=1S/C29H36NO4/c31-27(33-22-11-3-1-4-12-22)18-19-29(21-28(32)34-23-13-5-2-6-14-23)25-16-8-7-15-24(25)26-17-9-10-20-30(26)29/h7-10,15-17,20,22-23H,1-6,11-14,18-19,21H2/q+1. The van der Waals surface area contributed by atoms with Gasteiger partial charge in [-0.25, -0.2) is 0 Å². The summed E-state index contributed by atoms with van der Waals surface area (Å²) < 4.78 is 14.0. The minimum absolute atomic E-state index is 0.0199. The summed E-state index contributed by atoms with van der Waals surface area (Å²) in [5.74, 6) is -0.332. The van der Waals surface area contributed by atoms with Crippen molar-refractivity contribution in [3.63, 3.8) is 0 Å². The SMILES string of the molecule is O=C(CCC1(CC(=O)OC2CCCCC2)c2ccccc2-c2cccc[n+]21)OC1CCCCC1. The van der Waals surface area contributed by atoms with Crippen molar-refractivity contribution < 1.29 is 23.6 Å². The second-order valence-electron chi connectivity index (χ2n) is 10.2. The van der Waals surface area contributed by atoms with E-state index in [1.54, 1.807) is 0 Å². The fourth-order valence-electron chi connectivity index (χ4n) is 6.19. The summed E-state index contributed by atoms with van der Waals surface area (Å²) in [7, 11) is 0. The van der Waals surface area contributed by atoms with Gasteiger partial charge in [-0.1, -0.05) is 31.0 Å². The molecular formula is C29H36NO4+. The molecule has 0 saturated heterocycles. The first-order valence-corrected chi connectivity index (χ1v) is 13.2. The van der Waals surface area contributed by atoms with E-state index in [-0.39, 0.29) is 37.0 Å². The van der Waals surface area contributed by atoms with Crippen LogP contribution < -0.4 is 4.57 Å². The van der Waals surface area contributed by atoms with Gasteiger partial charge in [-0.05, 0) is 63.5 Å². The summed E-state index contributed by atoms with van der Waals surface area (Å²) in [6.07, 6.45) is 13.9. The predicted molar refractivity (Wildman–Crippen MR) is 129 cm³/mol. The number of pyridine rings is 1. The molecule has 0 bridgehead atoms. The average Bonchev–Trinajstić information content (AvgIpc) is 3.14. The summed E-state index contributed by atoms with van der Waals surface area (Å²) >= 11 is 0. The monoisotopic (exact) mass is 462 g/mol. The van der Waals surface area contributed by atoms with Crippen LogP contribution >= 0.6 is 0 Å². The molecule has 34 heavy (non-hydrogen) atoms. The van der Waals surface area contributed by atoms with Crippen LogP contribution in [-0.2, 0) is 24.6 Å². The third-order valence-electron chi connectivity index (χ3n) is 7.91. The van der Waals surface area contributed by atoms with Gasteiger partial charge in [0.2, 0.25) is 11.2 Å². The highest BCUT2D eigenvalue weighted by Crippen LogP contribution is 2.43. The third-order valence-corrected chi connectivity index (χ3v) is 7.91. The fraction of sp³-hybridized carbons (Fsp3) is 0.552. The molecule has 2 heterocycles. The molecule has 1 aliphatic heterocycles. The van der Waals surface area contributed by atoms with Gasteiger partial charge in [0.15, 0.2) is 6.20 Å². The van der Waals surface area contributed by atoms with E-state index in [0.29, 0.717) is 6.42 Å². The molecule has 180 valence electrons. The van der Waals surface area contributed by atoms with Gasteiger partial charge in [-0.15, -0.1) is 0 Å². The van der Waals surface area contributed by atoms with Crippen molar-refractivity contribution in [2.75, 3.05) is 0 Å². The summed E-state index contributed by atoms with van der Waals surface area (Å²) in [6.45, 7) is 0. The highest BCUT2D eigenvalue weighted by molar-refractivity contribution is 5.75. The van der Waals surface area contributed by atoms with Crippen LogP contribution in [0.4, 0.5) is 0 Å². The fourth-order valence-corrected chi connectivity index (χ4v) is 6.19. The number of fused-ring (bicyclic) bond motifs is 3. The van der Waals surface area contributed by atoms with Gasteiger partial charge in [-0.2, -0.15) is 4.57 Å². The van der Waals surface area contributed by atoms with Crippen LogP contribution in [0.3, 0.4) is 0 Å². The minimum atomic E-state index is -0.648. The van der Waals surface area contributed by atoms with E-state index in [1.807, 2.05) is 30.5 Å². The number of benzene rings is 1. The maximum Gasteiger partial charge on any atom is 0.313 e. The van der Waals surface area contributed by atoms with E-state index in [1.165, 1.54) is 12.8 Å². The van der Waals surface area contributed by atoms with E-state index in [9.17, 15) is 9.59 Å². The van der Waals surface area contributed by atoms with Gasteiger partial charge < -0.3 is 9.47 Å². The van der Waals surface area contributed by atoms with Crippen LogP contribution in [0.1, 0.15) is 89.0 Å². The van der Waals surface area contributed by atoms with E-state index < -0.39 is 5.54 Å². The maximum atomic E-state index is 13.3. The summed E-state index contributed by atoms with van der Waals surface area (Å²) in [4.78, 5) is 26.2. The van der Waals surface area contributed by atoms with Crippen LogP contribution in [0.2, 0.25) is 0 Å². The van der Waals surface area contributed by atoms with Crippen molar-refractivity contribution in [3.05, 3.63) is 54.2 Å². The number of nitrogens with zero attached hydrogens (tertiary/aromatic N) is 1. The number of esters is 2. The second kappa shape index (κ2) is 10.3. The first kappa shape index (κ1) is 23.1. The molecule has 1 atom stereocenters. The van der Waals surface area contributed by atoms with Crippen molar-refractivity contribution in [3.8, 4) is 11.3 Å². The molecule has 1 aromatic carbocycles. The Morgan fingerprint density at radius 3 is 2.12 bits per heavy atom. The van der Waals surface area contributed by atoms with Crippen LogP contribution in [0, 0.1) is 0 Å². The Morgan fingerprint density at radius 1 is 0.794 bits per heavy atom. The molecule has 2 aromatic rings. The predicted octanol–water partition coefficient (Wildman–Crippen LogP) is 5.62. The molecule has 0 N–H and O–H groups in total. The van der Waals surface area contributed by atoms with E-state index >= 15 is 0 Å². The van der Waals surface area contributed by atoms with Gasteiger partial charge in [0.1, 0.15) is 18.6 Å². The quantitative estimate of drug-likeness (QED) is 0.396. The molecule has 5 nitrogen and oxygen atoms in total. The normalized spacial score (nSPS) is 22.6. The van der Waals surface area contributed by atoms with E-state index in [0.717, 1.165) is 68.2 Å². The zero-order chi connectivity index (χ0) is 23.4. The van der Waals surface area contributed by atoms with E-state index in [4.69, 9.17) is 9.47 Å². The summed E-state index contributed by atoms with van der Waals surface area (Å²) in [5, 5.41) is 0. The Kier molecular flexibility index (Phi) is 6.98. The molecule has 5 rings (SSSR count). The van der Waals surface area contributed by atoms with Gasteiger partial charge in [-0.3, -0.25) is 9.59 Å². The van der Waals surface area contributed by atoms with Crippen LogP contribution in [0.15, 0.2) is 48.7 Å². The number of rotatable bonds is 7. The Labute approximate surface area is 202 Å². The molecule has 0 amide bonds. The zero-order valence-electron chi connectivity index (χ0n) is 20.0. The molecular weight excluding hydrogens is 426 g/mol. The molecule has 2 saturated carbocycles. The molecule has 5 heteroatoms. The lowest BCUT2D eigenvalue weighted by Crippen LogP contribution is -2.56. The third kappa shape index (κ3) is 4.75. The largest absolute Gasteiger partial charge is 0.462 e. The lowest BCUT2D eigenvalue weighted by Gasteiger charge is -2.28. The number of hydrogen-bond acceptors (Lipinski definition) is 4. The minimum Gasteiger partial charge on any atom is -0.462 e. The molecule has 2 fully saturated rings. The number of carbonyl (C=O) groups is 2. The van der Waals surface area contributed by atoms with Gasteiger partial charge in [0, 0.05) is 24.1 Å². The average molecular weight is 463 g/mol. The van der Waals surface area contributed by atoms with Crippen molar-refractivity contribution in [1.82, 2.24) is 0 Å². The molecule has 1 aromatic heterocycles. The van der Waals surface area contributed by atoms with Crippen molar-refractivity contribution in [2.45, 2.75) is 101 Å². The number of carbonyl (C=O) groups excluding carboxylic acids is 2. The number of hydrogen-bond donors (Lipinski definition) is 0. The van der Waals surface area contributed by atoms with Crippen molar-refractivity contribution >= 4 is 11.9 Å². The lowest BCUT2D eigenvalue weighted by atomic mass is 9.82. The smallest absolute Gasteiger partial charge is 0.313 e. The lowest BCUT2D eigenvalue weighted by molar-refractivity contribution is -0.739. The van der Waals surface area contributed by atoms with Crippen molar-refractivity contribution in [1.29, 1.82) is 0 Å². The van der Waals surface area contributed by atoms with Gasteiger partial charge >= 0.3 is 11.9 Å². The Balaban J connectivity index is 1.40.